The van der Waals surface area contributed by atoms with E-state index < -0.39 is 6.29 Å². The van der Waals surface area contributed by atoms with Crippen molar-refractivity contribution in [3.8, 4) is 0 Å². The fraction of sp³-hybridized carbons (Fsp3) is 0.500. The minimum absolute atomic E-state index is 0.294. The van der Waals surface area contributed by atoms with Gasteiger partial charge in [0.2, 0.25) is 0 Å². The van der Waals surface area contributed by atoms with E-state index in [-0.39, 0.29) is 6.04 Å². The zero-order valence-electron chi connectivity index (χ0n) is 9.65. The molecule has 0 fully saturated rings. The Bertz CT molecular complexity index is 296. The van der Waals surface area contributed by atoms with E-state index >= 15 is 0 Å². The molecule has 0 spiro atoms. The van der Waals surface area contributed by atoms with Crippen LogP contribution in [0.3, 0.4) is 0 Å². The first-order valence-corrected chi connectivity index (χ1v) is 5.81. The molecule has 0 aliphatic rings. The van der Waals surface area contributed by atoms with E-state index in [1.807, 2.05) is 38.1 Å². The van der Waals surface area contributed by atoms with Crippen molar-refractivity contribution in [3.05, 3.63) is 34.9 Å². The lowest BCUT2D eigenvalue weighted by molar-refractivity contribution is -0.149. The maximum atomic E-state index is 6.07. The van der Waals surface area contributed by atoms with Crippen LogP contribution < -0.4 is 5.73 Å². The van der Waals surface area contributed by atoms with Crippen molar-refractivity contribution in [1.82, 2.24) is 0 Å². The molecule has 0 aromatic heterocycles. The summed E-state index contributed by atoms with van der Waals surface area (Å²) in [6.45, 7) is 4.99. The molecule has 0 saturated heterocycles. The third-order valence-electron chi connectivity index (χ3n) is 2.21. The smallest absolute Gasteiger partial charge is 0.176 e. The molecule has 16 heavy (non-hydrogen) atoms. The number of nitrogens with two attached hydrogens (primary N) is 1. The molecule has 0 heterocycles. The quantitative estimate of drug-likeness (QED) is 0.782. The third-order valence-corrected chi connectivity index (χ3v) is 2.46. The van der Waals surface area contributed by atoms with Gasteiger partial charge in [0, 0.05) is 18.2 Å². The van der Waals surface area contributed by atoms with E-state index in [1.165, 1.54) is 0 Å². The van der Waals surface area contributed by atoms with Crippen LogP contribution in [0.4, 0.5) is 0 Å². The maximum absolute atomic E-state index is 6.07. The SMILES string of the molecule is CCOC(OCC)C(N)c1ccc(Cl)cc1. The number of hydrogen-bond acceptors (Lipinski definition) is 3. The van der Waals surface area contributed by atoms with Gasteiger partial charge in [-0.05, 0) is 31.5 Å². The van der Waals surface area contributed by atoms with Gasteiger partial charge in [-0.1, -0.05) is 23.7 Å². The molecule has 1 atom stereocenters. The summed E-state index contributed by atoms with van der Waals surface area (Å²) in [7, 11) is 0. The van der Waals surface area contributed by atoms with Crippen LogP contribution in [0, 0.1) is 0 Å². The fourth-order valence-corrected chi connectivity index (χ4v) is 1.55. The molecule has 0 saturated carbocycles. The summed E-state index contributed by atoms with van der Waals surface area (Å²) < 4.78 is 10.9. The van der Waals surface area contributed by atoms with Crippen molar-refractivity contribution in [2.75, 3.05) is 13.2 Å². The summed E-state index contributed by atoms with van der Waals surface area (Å²) in [5.41, 5.74) is 7.02. The highest BCUT2D eigenvalue weighted by Gasteiger charge is 2.19. The third kappa shape index (κ3) is 3.76. The normalized spacial score (nSPS) is 13.1. The molecular formula is C12H18ClNO2. The second kappa shape index (κ2) is 6.86. The van der Waals surface area contributed by atoms with Gasteiger partial charge < -0.3 is 15.2 Å². The van der Waals surface area contributed by atoms with Crippen LogP contribution in [-0.4, -0.2) is 19.5 Å². The number of halogens is 1. The van der Waals surface area contributed by atoms with Gasteiger partial charge in [-0.3, -0.25) is 0 Å². The minimum Gasteiger partial charge on any atom is -0.351 e. The van der Waals surface area contributed by atoms with E-state index in [9.17, 15) is 0 Å². The second-order valence-corrected chi connectivity index (χ2v) is 3.79. The maximum Gasteiger partial charge on any atom is 0.176 e. The Labute approximate surface area is 101 Å². The largest absolute Gasteiger partial charge is 0.351 e. The van der Waals surface area contributed by atoms with Crippen molar-refractivity contribution in [2.24, 2.45) is 5.73 Å². The van der Waals surface area contributed by atoms with E-state index in [4.69, 9.17) is 26.8 Å². The molecule has 90 valence electrons. The Hall–Kier alpha value is -0.610. The molecule has 1 rings (SSSR count). The van der Waals surface area contributed by atoms with Gasteiger partial charge in [0.1, 0.15) is 0 Å². The molecule has 0 aliphatic heterocycles. The number of rotatable bonds is 6. The number of hydrogen-bond donors (Lipinski definition) is 1. The first kappa shape index (κ1) is 13.5. The number of ether oxygens (including phenoxy) is 2. The molecule has 0 aliphatic carbocycles. The second-order valence-electron chi connectivity index (χ2n) is 3.36. The van der Waals surface area contributed by atoms with Crippen molar-refractivity contribution >= 4 is 11.6 Å². The molecular weight excluding hydrogens is 226 g/mol. The van der Waals surface area contributed by atoms with Crippen molar-refractivity contribution in [3.63, 3.8) is 0 Å². The summed E-state index contributed by atoms with van der Waals surface area (Å²) >= 11 is 5.81. The Kier molecular flexibility index (Phi) is 5.77. The summed E-state index contributed by atoms with van der Waals surface area (Å²) in [6, 6.07) is 7.10. The lowest BCUT2D eigenvalue weighted by atomic mass is 10.1. The minimum atomic E-state index is -0.406. The van der Waals surface area contributed by atoms with E-state index in [0.717, 1.165) is 5.56 Å². The van der Waals surface area contributed by atoms with Gasteiger partial charge in [-0.2, -0.15) is 0 Å². The van der Waals surface area contributed by atoms with Crippen LogP contribution >= 0.6 is 11.6 Å². The predicted molar refractivity (Wildman–Crippen MR) is 65.4 cm³/mol. The van der Waals surface area contributed by atoms with Crippen LogP contribution in [-0.2, 0) is 9.47 Å². The highest BCUT2D eigenvalue weighted by Crippen LogP contribution is 2.20. The molecule has 0 radical (unpaired) electrons. The van der Waals surface area contributed by atoms with Crippen LogP contribution in [0.15, 0.2) is 24.3 Å². The molecule has 0 bridgehead atoms. The van der Waals surface area contributed by atoms with E-state index in [0.29, 0.717) is 18.2 Å². The van der Waals surface area contributed by atoms with Crippen LogP contribution in [0.1, 0.15) is 25.5 Å². The first-order chi connectivity index (χ1) is 7.69. The first-order valence-electron chi connectivity index (χ1n) is 5.43. The zero-order valence-corrected chi connectivity index (χ0v) is 10.4. The van der Waals surface area contributed by atoms with E-state index in [2.05, 4.69) is 0 Å². The summed E-state index contributed by atoms with van der Waals surface area (Å²) in [6.07, 6.45) is -0.406. The molecule has 3 nitrogen and oxygen atoms in total. The van der Waals surface area contributed by atoms with Crippen LogP contribution in [0.5, 0.6) is 0 Å². The van der Waals surface area contributed by atoms with Crippen molar-refractivity contribution < 1.29 is 9.47 Å². The molecule has 1 unspecified atom stereocenters. The molecule has 1 aromatic carbocycles. The van der Waals surface area contributed by atoms with Crippen molar-refractivity contribution in [1.29, 1.82) is 0 Å². The Balaban J connectivity index is 2.72. The summed E-state index contributed by atoms with van der Waals surface area (Å²) in [4.78, 5) is 0. The highest BCUT2D eigenvalue weighted by atomic mass is 35.5. The predicted octanol–water partition coefficient (Wildman–Crippen LogP) is 2.74. The van der Waals surface area contributed by atoms with Gasteiger partial charge in [-0.25, -0.2) is 0 Å². The van der Waals surface area contributed by atoms with Crippen molar-refractivity contribution in [2.45, 2.75) is 26.2 Å². The zero-order chi connectivity index (χ0) is 12.0. The summed E-state index contributed by atoms with van der Waals surface area (Å²) in [5, 5.41) is 0.695. The Morgan fingerprint density at radius 2 is 1.62 bits per heavy atom. The van der Waals surface area contributed by atoms with E-state index in [1.54, 1.807) is 0 Å². The van der Waals surface area contributed by atoms with Gasteiger partial charge in [0.15, 0.2) is 6.29 Å². The molecule has 2 N–H and O–H groups in total. The van der Waals surface area contributed by atoms with Gasteiger partial charge >= 0.3 is 0 Å². The standard InChI is InChI=1S/C12H18ClNO2/c1-3-15-12(16-4-2)11(14)9-5-7-10(13)8-6-9/h5-8,11-12H,3-4,14H2,1-2H3. The number of benzene rings is 1. The highest BCUT2D eigenvalue weighted by molar-refractivity contribution is 6.30. The Morgan fingerprint density at radius 1 is 1.12 bits per heavy atom. The fourth-order valence-electron chi connectivity index (χ4n) is 1.43. The molecule has 0 amide bonds. The van der Waals surface area contributed by atoms with Gasteiger partial charge in [0.05, 0.1) is 6.04 Å². The average molecular weight is 244 g/mol. The monoisotopic (exact) mass is 243 g/mol. The topological polar surface area (TPSA) is 44.5 Å². The van der Waals surface area contributed by atoms with Crippen LogP contribution in [0.2, 0.25) is 5.02 Å². The summed E-state index contributed by atoms with van der Waals surface area (Å²) in [5.74, 6) is 0. The molecule has 4 heteroatoms. The average Bonchev–Trinajstić information content (AvgIpc) is 2.29. The Morgan fingerprint density at radius 3 is 2.06 bits per heavy atom. The van der Waals surface area contributed by atoms with Crippen LogP contribution in [0.25, 0.3) is 0 Å². The van der Waals surface area contributed by atoms with Gasteiger partial charge in [-0.15, -0.1) is 0 Å². The lowest BCUT2D eigenvalue weighted by Gasteiger charge is -2.23. The molecule has 1 aromatic rings. The van der Waals surface area contributed by atoms with Gasteiger partial charge in [0.25, 0.3) is 0 Å². The lowest BCUT2D eigenvalue weighted by Crippen LogP contribution is -2.31.